The summed E-state index contributed by atoms with van der Waals surface area (Å²) in [5, 5.41) is 11.7. The number of carbonyl (C=O) groups is 2. The third-order valence-corrected chi connectivity index (χ3v) is 2.84. The molecule has 0 aromatic heterocycles. The Morgan fingerprint density at radius 3 is 2.56 bits per heavy atom. The van der Waals surface area contributed by atoms with Crippen molar-refractivity contribution in [3.8, 4) is 6.07 Å². The van der Waals surface area contributed by atoms with E-state index in [2.05, 4.69) is 11.4 Å². The van der Waals surface area contributed by atoms with E-state index in [9.17, 15) is 9.59 Å². The molecule has 0 heterocycles. The zero-order chi connectivity index (χ0) is 13.4. The normalized spacial score (nSPS) is 16.9. The van der Waals surface area contributed by atoms with Crippen LogP contribution < -0.4 is 5.32 Å². The molecule has 0 bridgehead atoms. The van der Waals surface area contributed by atoms with Gasteiger partial charge in [-0.15, -0.1) is 0 Å². The molecule has 0 radical (unpaired) electrons. The summed E-state index contributed by atoms with van der Waals surface area (Å²) in [6.45, 7) is 1.65. The highest BCUT2D eigenvalue weighted by Crippen LogP contribution is 2.28. The van der Waals surface area contributed by atoms with Gasteiger partial charge in [-0.25, -0.2) is 4.79 Å². The van der Waals surface area contributed by atoms with Crippen molar-refractivity contribution in [3.05, 3.63) is 0 Å². The molecule has 1 aliphatic rings. The highest BCUT2D eigenvalue weighted by atomic mass is 16.6. The van der Waals surface area contributed by atoms with Gasteiger partial charge in [0.25, 0.3) is 5.91 Å². The van der Waals surface area contributed by atoms with Crippen LogP contribution in [0.3, 0.4) is 0 Å². The molecule has 0 saturated heterocycles. The average Bonchev–Trinajstić information content (AvgIpc) is 2.83. The third kappa shape index (κ3) is 4.34. The van der Waals surface area contributed by atoms with Crippen molar-refractivity contribution >= 4 is 11.9 Å². The van der Waals surface area contributed by atoms with E-state index in [1.54, 1.807) is 6.92 Å². The molecule has 0 spiro atoms. The average molecular weight is 254 g/mol. The molecule has 1 N–H and O–H groups in total. The molecule has 1 saturated carbocycles. The quantitative estimate of drug-likeness (QED) is 0.698. The number of carbonyl (C=O) groups excluding carboxylic acids is 2. The van der Waals surface area contributed by atoms with Gasteiger partial charge in [-0.3, -0.25) is 4.79 Å². The minimum atomic E-state index is -0.774. The first kappa shape index (κ1) is 14.5. The fourth-order valence-corrected chi connectivity index (χ4v) is 1.92. The number of esters is 1. The van der Waals surface area contributed by atoms with Crippen LogP contribution in [0.5, 0.6) is 0 Å². The van der Waals surface area contributed by atoms with E-state index >= 15 is 0 Å². The Morgan fingerprint density at radius 1 is 1.33 bits per heavy atom. The molecule has 1 amide bonds. The smallest absolute Gasteiger partial charge is 0.332 e. The summed E-state index contributed by atoms with van der Waals surface area (Å²) in [5.74, 6) is -1.02. The molecule has 1 rings (SSSR count). The Hall–Kier alpha value is -1.61. The number of hydrogen-bond donors (Lipinski definition) is 1. The molecule has 0 aromatic rings. The molecule has 6 nitrogen and oxygen atoms in total. The van der Waals surface area contributed by atoms with E-state index in [0.717, 1.165) is 12.8 Å². The second-order valence-corrected chi connectivity index (χ2v) is 4.25. The molecule has 0 aromatic carbocycles. The van der Waals surface area contributed by atoms with Gasteiger partial charge in [0.05, 0.1) is 6.07 Å². The summed E-state index contributed by atoms with van der Waals surface area (Å²) in [4.78, 5) is 22.7. The number of nitrogens with zero attached hydrogens (tertiary/aromatic N) is 1. The molecule has 0 unspecified atom stereocenters. The topological polar surface area (TPSA) is 88.4 Å². The number of rotatable bonds is 6. The zero-order valence-electron chi connectivity index (χ0n) is 10.5. The fourth-order valence-electron chi connectivity index (χ4n) is 1.92. The largest absolute Gasteiger partial charge is 0.454 e. The monoisotopic (exact) mass is 254 g/mol. The molecule has 6 heteroatoms. The number of hydrogen-bond acceptors (Lipinski definition) is 5. The summed E-state index contributed by atoms with van der Waals surface area (Å²) in [5.41, 5.74) is -0.774. The predicted octanol–water partition coefficient (Wildman–Crippen LogP) is 0.519. The summed E-state index contributed by atoms with van der Waals surface area (Å²) < 4.78 is 9.56. The van der Waals surface area contributed by atoms with Crippen molar-refractivity contribution in [1.82, 2.24) is 5.32 Å². The minimum Gasteiger partial charge on any atom is -0.454 e. The van der Waals surface area contributed by atoms with Crippen LogP contribution in [-0.2, 0) is 19.1 Å². The third-order valence-electron chi connectivity index (χ3n) is 2.84. The lowest BCUT2D eigenvalue weighted by Crippen LogP contribution is -2.46. The zero-order valence-corrected chi connectivity index (χ0v) is 10.5. The van der Waals surface area contributed by atoms with Crippen LogP contribution in [0.1, 0.15) is 32.6 Å². The minimum absolute atomic E-state index is 0.160. The van der Waals surface area contributed by atoms with Crippen molar-refractivity contribution in [2.45, 2.75) is 38.1 Å². The summed E-state index contributed by atoms with van der Waals surface area (Å²) in [7, 11) is 0. The Balaban J connectivity index is 2.29. The van der Waals surface area contributed by atoms with Gasteiger partial charge < -0.3 is 14.8 Å². The first-order chi connectivity index (χ1) is 8.62. The second kappa shape index (κ2) is 6.97. The number of ether oxygens (including phenoxy) is 2. The molecule has 0 atom stereocenters. The van der Waals surface area contributed by atoms with Crippen molar-refractivity contribution in [2.24, 2.45) is 0 Å². The van der Waals surface area contributed by atoms with Crippen LogP contribution in [0.25, 0.3) is 0 Å². The number of nitriles is 1. The Morgan fingerprint density at radius 2 is 2.00 bits per heavy atom. The maximum absolute atomic E-state index is 11.6. The molecule has 18 heavy (non-hydrogen) atoms. The van der Waals surface area contributed by atoms with Gasteiger partial charge in [0.1, 0.15) is 12.1 Å². The SMILES string of the molecule is CCOCC(=O)OCC(=O)NC1(C#N)CCCC1. The van der Waals surface area contributed by atoms with Gasteiger partial charge in [-0.2, -0.15) is 5.26 Å². The van der Waals surface area contributed by atoms with Gasteiger partial charge in [-0.1, -0.05) is 0 Å². The lowest BCUT2D eigenvalue weighted by molar-refractivity contribution is -0.153. The van der Waals surface area contributed by atoms with Crippen molar-refractivity contribution in [2.75, 3.05) is 19.8 Å². The Bertz CT molecular complexity index is 342. The summed E-state index contributed by atoms with van der Waals surface area (Å²) >= 11 is 0. The molecular formula is C12H18N2O4. The van der Waals surface area contributed by atoms with E-state index in [-0.39, 0.29) is 13.2 Å². The van der Waals surface area contributed by atoms with Gasteiger partial charge in [0.2, 0.25) is 0 Å². The van der Waals surface area contributed by atoms with E-state index in [0.29, 0.717) is 19.4 Å². The van der Waals surface area contributed by atoms with E-state index in [1.807, 2.05) is 0 Å². The van der Waals surface area contributed by atoms with Crippen LogP contribution >= 0.6 is 0 Å². The molecule has 0 aliphatic heterocycles. The highest BCUT2D eigenvalue weighted by Gasteiger charge is 2.35. The van der Waals surface area contributed by atoms with Gasteiger partial charge in [0.15, 0.2) is 6.61 Å². The lowest BCUT2D eigenvalue weighted by atomic mass is 10.00. The summed E-state index contributed by atoms with van der Waals surface area (Å²) in [6.07, 6.45) is 3.17. The maximum Gasteiger partial charge on any atom is 0.332 e. The molecular weight excluding hydrogens is 236 g/mol. The van der Waals surface area contributed by atoms with Crippen LogP contribution in [0.2, 0.25) is 0 Å². The first-order valence-corrected chi connectivity index (χ1v) is 6.07. The summed E-state index contributed by atoms with van der Waals surface area (Å²) in [6, 6.07) is 2.13. The fraction of sp³-hybridized carbons (Fsp3) is 0.750. The first-order valence-electron chi connectivity index (χ1n) is 6.07. The van der Waals surface area contributed by atoms with E-state index < -0.39 is 17.4 Å². The van der Waals surface area contributed by atoms with Crippen molar-refractivity contribution in [3.63, 3.8) is 0 Å². The van der Waals surface area contributed by atoms with Crippen LogP contribution in [0.4, 0.5) is 0 Å². The Labute approximate surface area is 106 Å². The maximum atomic E-state index is 11.6. The highest BCUT2D eigenvalue weighted by molar-refractivity contribution is 5.81. The predicted molar refractivity (Wildman–Crippen MR) is 62.4 cm³/mol. The molecule has 1 aliphatic carbocycles. The van der Waals surface area contributed by atoms with Crippen LogP contribution in [0, 0.1) is 11.3 Å². The number of nitrogens with one attached hydrogen (secondary N) is 1. The van der Waals surface area contributed by atoms with E-state index in [1.165, 1.54) is 0 Å². The van der Waals surface area contributed by atoms with Crippen LogP contribution in [-0.4, -0.2) is 37.2 Å². The molecule has 100 valence electrons. The second-order valence-electron chi connectivity index (χ2n) is 4.25. The standard InChI is InChI=1S/C12H18N2O4/c1-2-17-8-11(16)18-7-10(15)14-12(9-13)5-3-4-6-12/h2-8H2,1H3,(H,14,15). The Kier molecular flexibility index (Phi) is 5.59. The van der Waals surface area contributed by atoms with Gasteiger partial charge in [-0.05, 0) is 32.6 Å². The molecule has 1 fully saturated rings. The van der Waals surface area contributed by atoms with Crippen molar-refractivity contribution in [1.29, 1.82) is 5.26 Å². The lowest BCUT2D eigenvalue weighted by Gasteiger charge is -2.21. The van der Waals surface area contributed by atoms with Gasteiger partial charge in [0, 0.05) is 6.61 Å². The number of amides is 1. The van der Waals surface area contributed by atoms with E-state index in [4.69, 9.17) is 14.7 Å². The van der Waals surface area contributed by atoms with Gasteiger partial charge >= 0.3 is 5.97 Å². The van der Waals surface area contributed by atoms with Crippen molar-refractivity contribution < 1.29 is 19.1 Å². The van der Waals surface area contributed by atoms with Crippen LogP contribution in [0.15, 0.2) is 0 Å².